The third-order valence-electron chi connectivity index (χ3n) is 2.77. The average molecular weight is 206 g/mol. The van der Waals surface area contributed by atoms with E-state index in [9.17, 15) is 9.90 Å². The van der Waals surface area contributed by atoms with Crippen LogP contribution in [0.3, 0.4) is 0 Å². The third kappa shape index (κ3) is 2.82. The number of aryl methyl sites for hydroxylation is 1. The highest BCUT2D eigenvalue weighted by Crippen LogP contribution is 2.24. The number of Topliss-reactive ketones (excluding diaryl/α,β-unsaturated/α-hetero) is 1. The van der Waals surface area contributed by atoms with Crippen LogP contribution in [0.4, 0.5) is 0 Å². The SMILES string of the molecule is CCC(C)CC(=O)c1cccc(C)c1O. The Balaban J connectivity index is 2.87. The summed E-state index contributed by atoms with van der Waals surface area (Å²) in [5, 5.41) is 9.73. The summed E-state index contributed by atoms with van der Waals surface area (Å²) in [7, 11) is 0. The van der Waals surface area contributed by atoms with Crippen LogP contribution in [0.2, 0.25) is 0 Å². The van der Waals surface area contributed by atoms with Gasteiger partial charge in [-0.05, 0) is 24.5 Å². The molecule has 0 spiro atoms. The number of phenols is 1. The van der Waals surface area contributed by atoms with E-state index in [0.717, 1.165) is 12.0 Å². The first-order valence-corrected chi connectivity index (χ1v) is 5.38. The van der Waals surface area contributed by atoms with E-state index >= 15 is 0 Å². The molecular weight excluding hydrogens is 188 g/mol. The Morgan fingerprint density at radius 3 is 2.73 bits per heavy atom. The van der Waals surface area contributed by atoms with Crippen LogP contribution >= 0.6 is 0 Å². The van der Waals surface area contributed by atoms with E-state index in [1.54, 1.807) is 25.1 Å². The minimum absolute atomic E-state index is 0.0329. The van der Waals surface area contributed by atoms with Gasteiger partial charge in [0.2, 0.25) is 0 Å². The number of carbonyl (C=O) groups excluding carboxylic acids is 1. The quantitative estimate of drug-likeness (QED) is 0.767. The average Bonchev–Trinajstić information content (AvgIpc) is 2.21. The zero-order chi connectivity index (χ0) is 11.4. The lowest BCUT2D eigenvalue weighted by molar-refractivity contribution is 0.0961. The maximum absolute atomic E-state index is 11.8. The molecule has 0 saturated heterocycles. The molecule has 0 fully saturated rings. The van der Waals surface area contributed by atoms with Crippen LogP contribution in [0.5, 0.6) is 5.75 Å². The standard InChI is InChI=1S/C13H18O2/c1-4-9(2)8-12(14)11-7-5-6-10(3)13(11)15/h5-7,9,15H,4,8H2,1-3H3. The van der Waals surface area contributed by atoms with Crippen molar-refractivity contribution in [1.82, 2.24) is 0 Å². The summed E-state index contributed by atoms with van der Waals surface area (Å²) < 4.78 is 0. The zero-order valence-electron chi connectivity index (χ0n) is 9.58. The molecule has 0 bridgehead atoms. The maximum atomic E-state index is 11.8. The molecule has 0 aromatic heterocycles. The fourth-order valence-corrected chi connectivity index (χ4v) is 1.45. The van der Waals surface area contributed by atoms with Crippen LogP contribution in [0.25, 0.3) is 0 Å². The Bertz CT molecular complexity index is 356. The lowest BCUT2D eigenvalue weighted by Crippen LogP contribution is -2.05. The maximum Gasteiger partial charge on any atom is 0.166 e. The monoisotopic (exact) mass is 206 g/mol. The molecule has 1 aromatic rings. The predicted molar refractivity (Wildman–Crippen MR) is 61.2 cm³/mol. The Labute approximate surface area is 90.9 Å². The normalized spacial score (nSPS) is 12.5. The second kappa shape index (κ2) is 4.96. The van der Waals surface area contributed by atoms with Crippen LogP contribution in [-0.2, 0) is 0 Å². The predicted octanol–water partition coefficient (Wildman–Crippen LogP) is 3.32. The van der Waals surface area contributed by atoms with Crippen molar-refractivity contribution < 1.29 is 9.90 Å². The molecule has 0 aliphatic heterocycles. The molecule has 1 unspecified atom stereocenters. The number of aromatic hydroxyl groups is 1. The second-order valence-electron chi connectivity index (χ2n) is 4.11. The van der Waals surface area contributed by atoms with Gasteiger partial charge in [0, 0.05) is 6.42 Å². The number of carbonyl (C=O) groups is 1. The first kappa shape index (κ1) is 11.8. The molecule has 0 saturated carbocycles. The molecule has 2 nitrogen and oxygen atoms in total. The van der Waals surface area contributed by atoms with Crippen molar-refractivity contribution in [3.63, 3.8) is 0 Å². The largest absolute Gasteiger partial charge is 0.507 e. The molecular formula is C13H18O2. The van der Waals surface area contributed by atoms with Gasteiger partial charge in [-0.2, -0.15) is 0 Å². The van der Waals surface area contributed by atoms with Gasteiger partial charge in [-0.25, -0.2) is 0 Å². The molecule has 1 aromatic carbocycles. The van der Waals surface area contributed by atoms with Gasteiger partial charge in [0.15, 0.2) is 5.78 Å². The molecule has 0 amide bonds. The lowest BCUT2D eigenvalue weighted by atomic mass is 9.96. The van der Waals surface area contributed by atoms with E-state index in [2.05, 4.69) is 6.92 Å². The van der Waals surface area contributed by atoms with Gasteiger partial charge in [0.05, 0.1) is 5.56 Å². The van der Waals surface area contributed by atoms with E-state index in [1.165, 1.54) is 0 Å². The topological polar surface area (TPSA) is 37.3 Å². The molecule has 0 heterocycles. The smallest absolute Gasteiger partial charge is 0.166 e. The van der Waals surface area contributed by atoms with Crippen molar-refractivity contribution in [2.75, 3.05) is 0 Å². The fourth-order valence-electron chi connectivity index (χ4n) is 1.45. The van der Waals surface area contributed by atoms with Gasteiger partial charge in [0.25, 0.3) is 0 Å². The van der Waals surface area contributed by atoms with Gasteiger partial charge in [-0.15, -0.1) is 0 Å². The number of rotatable bonds is 4. The van der Waals surface area contributed by atoms with E-state index in [1.807, 2.05) is 6.92 Å². The number of hydrogen-bond acceptors (Lipinski definition) is 2. The highest BCUT2D eigenvalue weighted by molar-refractivity contribution is 5.99. The molecule has 1 rings (SSSR count). The summed E-state index contributed by atoms with van der Waals surface area (Å²) in [6.45, 7) is 5.91. The van der Waals surface area contributed by atoms with Crippen molar-refractivity contribution in [2.24, 2.45) is 5.92 Å². The molecule has 82 valence electrons. The summed E-state index contributed by atoms with van der Waals surface area (Å²) in [4.78, 5) is 11.8. The number of phenolic OH excluding ortho intramolecular Hbond substituents is 1. The molecule has 0 aliphatic rings. The second-order valence-corrected chi connectivity index (χ2v) is 4.11. The van der Waals surface area contributed by atoms with Crippen LogP contribution in [0, 0.1) is 12.8 Å². The number of hydrogen-bond donors (Lipinski definition) is 1. The van der Waals surface area contributed by atoms with Gasteiger partial charge in [-0.1, -0.05) is 32.4 Å². The first-order valence-electron chi connectivity index (χ1n) is 5.38. The number of para-hydroxylation sites is 1. The van der Waals surface area contributed by atoms with Crippen LogP contribution in [-0.4, -0.2) is 10.9 Å². The third-order valence-corrected chi connectivity index (χ3v) is 2.77. The summed E-state index contributed by atoms with van der Waals surface area (Å²) in [5.74, 6) is 0.536. The van der Waals surface area contributed by atoms with E-state index in [-0.39, 0.29) is 11.5 Å². The van der Waals surface area contributed by atoms with E-state index < -0.39 is 0 Å². The first-order chi connectivity index (χ1) is 7.06. The van der Waals surface area contributed by atoms with Crippen LogP contribution in [0.15, 0.2) is 18.2 Å². The highest BCUT2D eigenvalue weighted by atomic mass is 16.3. The van der Waals surface area contributed by atoms with Crippen molar-refractivity contribution in [2.45, 2.75) is 33.6 Å². The van der Waals surface area contributed by atoms with Crippen molar-refractivity contribution in [1.29, 1.82) is 0 Å². The van der Waals surface area contributed by atoms with Gasteiger partial charge in [0.1, 0.15) is 5.75 Å². The van der Waals surface area contributed by atoms with Gasteiger partial charge < -0.3 is 5.11 Å². The van der Waals surface area contributed by atoms with Crippen LogP contribution in [0.1, 0.15) is 42.6 Å². The van der Waals surface area contributed by atoms with Crippen molar-refractivity contribution in [3.8, 4) is 5.75 Å². The molecule has 2 heteroatoms. The van der Waals surface area contributed by atoms with Crippen molar-refractivity contribution >= 4 is 5.78 Å². The summed E-state index contributed by atoms with van der Waals surface area (Å²) in [6, 6.07) is 5.29. The van der Waals surface area contributed by atoms with E-state index in [0.29, 0.717) is 17.9 Å². The Morgan fingerprint density at radius 1 is 1.47 bits per heavy atom. The lowest BCUT2D eigenvalue weighted by Gasteiger charge is -2.09. The van der Waals surface area contributed by atoms with Gasteiger partial charge >= 0.3 is 0 Å². The van der Waals surface area contributed by atoms with Crippen LogP contribution < -0.4 is 0 Å². The zero-order valence-corrected chi connectivity index (χ0v) is 9.58. The molecule has 0 aliphatic carbocycles. The fraction of sp³-hybridized carbons (Fsp3) is 0.462. The Hall–Kier alpha value is -1.31. The minimum Gasteiger partial charge on any atom is -0.507 e. The van der Waals surface area contributed by atoms with E-state index in [4.69, 9.17) is 0 Å². The van der Waals surface area contributed by atoms with Gasteiger partial charge in [-0.3, -0.25) is 4.79 Å². The number of benzene rings is 1. The Kier molecular flexibility index (Phi) is 3.89. The summed E-state index contributed by atoms with van der Waals surface area (Å²) in [5.41, 5.74) is 1.21. The highest BCUT2D eigenvalue weighted by Gasteiger charge is 2.14. The summed E-state index contributed by atoms with van der Waals surface area (Å²) in [6.07, 6.45) is 1.49. The molecule has 15 heavy (non-hydrogen) atoms. The molecule has 1 atom stereocenters. The Morgan fingerprint density at radius 2 is 2.13 bits per heavy atom. The number of ketones is 1. The summed E-state index contributed by atoms with van der Waals surface area (Å²) >= 11 is 0. The minimum atomic E-state index is 0.0329. The molecule has 1 N–H and O–H groups in total. The molecule has 0 radical (unpaired) electrons. The van der Waals surface area contributed by atoms with Crippen molar-refractivity contribution in [3.05, 3.63) is 29.3 Å².